The van der Waals surface area contributed by atoms with E-state index in [1.807, 2.05) is 12.1 Å². The van der Waals surface area contributed by atoms with E-state index in [1.165, 1.54) is 19.3 Å². The Morgan fingerprint density at radius 3 is 3.06 bits per heavy atom. The van der Waals surface area contributed by atoms with Crippen molar-refractivity contribution in [3.8, 4) is 5.75 Å². The molecule has 0 saturated heterocycles. The summed E-state index contributed by atoms with van der Waals surface area (Å²) in [6.45, 7) is 3.68. The topological polar surface area (TPSA) is 47.3 Å². The van der Waals surface area contributed by atoms with Gasteiger partial charge >= 0.3 is 0 Å². The van der Waals surface area contributed by atoms with Gasteiger partial charge in [0.1, 0.15) is 5.75 Å². The predicted molar refractivity (Wildman–Crippen MR) is 76.0 cm³/mol. The molecule has 1 aromatic rings. The SMILES string of the molecule is CCCOc1cccc(NC2CCCC2CN)c1. The van der Waals surface area contributed by atoms with Crippen LogP contribution in [0.25, 0.3) is 0 Å². The fourth-order valence-electron chi connectivity index (χ4n) is 2.62. The first-order chi connectivity index (χ1) is 8.83. The smallest absolute Gasteiger partial charge is 0.121 e. The van der Waals surface area contributed by atoms with E-state index in [1.54, 1.807) is 0 Å². The summed E-state index contributed by atoms with van der Waals surface area (Å²) in [6, 6.07) is 8.76. The summed E-state index contributed by atoms with van der Waals surface area (Å²) in [5, 5.41) is 3.60. The first-order valence-electron chi connectivity index (χ1n) is 7.03. The first kappa shape index (κ1) is 13.2. The summed E-state index contributed by atoms with van der Waals surface area (Å²) in [4.78, 5) is 0. The molecule has 1 saturated carbocycles. The maximum absolute atomic E-state index is 5.81. The van der Waals surface area contributed by atoms with E-state index in [9.17, 15) is 0 Å². The second-order valence-electron chi connectivity index (χ2n) is 5.05. The molecular formula is C15H24N2O. The van der Waals surface area contributed by atoms with E-state index >= 15 is 0 Å². The van der Waals surface area contributed by atoms with Crippen molar-refractivity contribution < 1.29 is 4.74 Å². The van der Waals surface area contributed by atoms with Crippen LogP contribution in [0.2, 0.25) is 0 Å². The minimum atomic E-state index is 0.524. The van der Waals surface area contributed by atoms with E-state index in [0.717, 1.165) is 31.0 Å². The molecule has 2 unspecified atom stereocenters. The molecule has 18 heavy (non-hydrogen) atoms. The number of hydrogen-bond donors (Lipinski definition) is 2. The van der Waals surface area contributed by atoms with Crippen molar-refractivity contribution in [2.24, 2.45) is 11.7 Å². The van der Waals surface area contributed by atoms with Gasteiger partial charge in [0.2, 0.25) is 0 Å². The van der Waals surface area contributed by atoms with Crippen molar-refractivity contribution in [2.75, 3.05) is 18.5 Å². The van der Waals surface area contributed by atoms with Crippen LogP contribution in [0.1, 0.15) is 32.6 Å². The fourth-order valence-corrected chi connectivity index (χ4v) is 2.62. The summed E-state index contributed by atoms with van der Waals surface area (Å²) in [5.74, 6) is 1.56. The number of hydrogen-bond acceptors (Lipinski definition) is 3. The minimum absolute atomic E-state index is 0.524. The molecule has 1 fully saturated rings. The van der Waals surface area contributed by atoms with Crippen LogP contribution in [0.4, 0.5) is 5.69 Å². The first-order valence-corrected chi connectivity index (χ1v) is 7.03. The number of rotatable bonds is 6. The molecule has 0 bridgehead atoms. The maximum atomic E-state index is 5.81. The molecule has 2 atom stereocenters. The molecule has 100 valence electrons. The van der Waals surface area contributed by atoms with Crippen molar-refractivity contribution in [3.05, 3.63) is 24.3 Å². The number of nitrogens with one attached hydrogen (secondary N) is 1. The minimum Gasteiger partial charge on any atom is -0.494 e. The zero-order chi connectivity index (χ0) is 12.8. The highest BCUT2D eigenvalue weighted by atomic mass is 16.5. The maximum Gasteiger partial charge on any atom is 0.121 e. The van der Waals surface area contributed by atoms with E-state index in [2.05, 4.69) is 24.4 Å². The van der Waals surface area contributed by atoms with Crippen LogP contribution >= 0.6 is 0 Å². The van der Waals surface area contributed by atoms with Gasteiger partial charge in [0, 0.05) is 17.8 Å². The average Bonchev–Trinajstić information content (AvgIpc) is 2.84. The molecule has 0 aliphatic heterocycles. The van der Waals surface area contributed by atoms with Gasteiger partial charge in [-0.3, -0.25) is 0 Å². The van der Waals surface area contributed by atoms with Crippen molar-refractivity contribution in [3.63, 3.8) is 0 Å². The molecular weight excluding hydrogens is 224 g/mol. The lowest BCUT2D eigenvalue weighted by Gasteiger charge is -2.21. The van der Waals surface area contributed by atoms with Crippen LogP contribution in [0.3, 0.4) is 0 Å². The largest absolute Gasteiger partial charge is 0.494 e. The Morgan fingerprint density at radius 2 is 2.28 bits per heavy atom. The highest BCUT2D eigenvalue weighted by Crippen LogP contribution is 2.28. The van der Waals surface area contributed by atoms with Crippen LogP contribution in [0.15, 0.2) is 24.3 Å². The van der Waals surface area contributed by atoms with E-state index in [0.29, 0.717) is 12.0 Å². The average molecular weight is 248 g/mol. The quantitative estimate of drug-likeness (QED) is 0.813. The standard InChI is InChI=1S/C15H24N2O/c1-2-9-18-14-7-4-6-13(10-14)17-15-8-3-5-12(15)11-16/h4,6-7,10,12,15,17H,2-3,5,8-9,11,16H2,1H3. The highest BCUT2D eigenvalue weighted by molar-refractivity contribution is 5.49. The molecule has 1 aliphatic carbocycles. The summed E-state index contributed by atoms with van der Waals surface area (Å²) in [6.07, 6.45) is 4.79. The van der Waals surface area contributed by atoms with Crippen LogP contribution in [0.5, 0.6) is 5.75 Å². The second-order valence-corrected chi connectivity index (χ2v) is 5.05. The summed E-state index contributed by atoms with van der Waals surface area (Å²) >= 11 is 0. The Morgan fingerprint density at radius 1 is 1.39 bits per heavy atom. The molecule has 3 heteroatoms. The van der Waals surface area contributed by atoms with E-state index < -0.39 is 0 Å². The third-order valence-electron chi connectivity index (χ3n) is 3.62. The van der Waals surface area contributed by atoms with Gasteiger partial charge in [-0.25, -0.2) is 0 Å². The van der Waals surface area contributed by atoms with Crippen LogP contribution in [-0.2, 0) is 0 Å². The Balaban J connectivity index is 1.96. The Hall–Kier alpha value is -1.22. The molecule has 0 spiro atoms. The van der Waals surface area contributed by atoms with Gasteiger partial charge in [-0.2, -0.15) is 0 Å². The Labute approximate surface area is 110 Å². The molecule has 0 radical (unpaired) electrons. The molecule has 3 nitrogen and oxygen atoms in total. The number of benzene rings is 1. The molecule has 2 rings (SSSR count). The lowest BCUT2D eigenvalue weighted by molar-refractivity contribution is 0.317. The molecule has 0 heterocycles. The predicted octanol–water partition coefficient (Wildman–Crippen LogP) is 3.01. The number of ether oxygens (including phenoxy) is 1. The van der Waals surface area contributed by atoms with Crippen LogP contribution < -0.4 is 15.8 Å². The van der Waals surface area contributed by atoms with Crippen molar-refractivity contribution >= 4 is 5.69 Å². The molecule has 1 aromatic carbocycles. The van der Waals surface area contributed by atoms with Gasteiger partial charge < -0.3 is 15.8 Å². The molecule has 0 amide bonds. The van der Waals surface area contributed by atoms with Gasteiger partial charge in [-0.15, -0.1) is 0 Å². The summed E-state index contributed by atoms with van der Waals surface area (Å²) in [5.41, 5.74) is 6.96. The van der Waals surface area contributed by atoms with Crippen molar-refractivity contribution in [2.45, 2.75) is 38.6 Å². The molecule has 0 aromatic heterocycles. The molecule has 1 aliphatic rings. The zero-order valence-electron chi connectivity index (χ0n) is 11.2. The fraction of sp³-hybridized carbons (Fsp3) is 0.600. The monoisotopic (exact) mass is 248 g/mol. The molecule has 3 N–H and O–H groups in total. The van der Waals surface area contributed by atoms with Gasteiger partial charge in [-0.1, -0.05) is 19.4 Å². The van der Waals surface area contributed by atoms with E-state index in [4.69, 9.17) is 10.5 Å². The number of anilines is 1. The highest BCUT2D eigenvalue weighted by Gasteiger charge is 2.25. The van der Waals surface area contributed by atoms with Crippen LogP contribution in [0, 0.1) is 5.92 Å². The summed E-state index contributed by atoms with van der Waals surface area (Å²) in [7, 11) is 0. The third kappa shape index (κ3) is 3.39. The summed E-state index contributed by atoms with van der Waals surface area (Å²) < 4.78 is 5.65. The van der Waals surface area contributed by atoms with E-state index in [-0.39, 0.29) is 0 Å². The lowest BCUT2D eigenvalue weighted by Crippen LogP contribution is -2.29. The lowest BCUT2D eigenvalue weighted by atomic mass is 10.0. The second kappa shape index (κ2) is 6.64. The third-order valence-corrected chi connectivity index (χ3v) is 3.62. The van der Waals surface area contributed by atoms with Gasteiger partial charge in [0.25, 0.3) is 0 Å². The van der Waals surface area contributed by atoms with Gasteiger partial charge in [0.15, 0.2) is 0 Å². The number of nitrogens with two attached hydrogens (primary N) is 1. The van der Waals surface area contributed by atoms with Gasteiger partial charge in [0.05, 0.1) is 6.61 Å². The zero-order valence-corrected chi connectivity index (χ0v) is 11.2. The van der Waals surface area contributed by atoms with Gasteiger partial charge in [-0.05, 0) is 43.9 Å². The normalized spacial score (nSPS) is 23.0. The van der Waals surface area contributed by atoms with Crippen molar-refractivity contribution in [1.82, 2.24) is 0 Å². The Bertz CT molecular complexity index is 367. The van der Waals surface area contributed by atoms with Crippen LogP contribution in [-0.4, -0.2) is 19.2 Å². The Kier molecular flexibility index (Phi) is 4.88. The van der Waals surface area contributed by atoms with Crippen molar-refractivity contribution in [1.29, 1.82) is 0 Å².